The lowest BCUT2D eigenvalue weighted by Crippen LogP contribution is -2.25. The number of carboxylic acid groups (broad SMARTS) is 1. The summed E-state index contributed by atoms with van der Waals surface area (Å²) >= 11 is 9.20. The minimum absolute atomic E-state index is 0.00820. The van der Waals surface area contributed by atoms with Crippen LogP contribution in [0.4, 0.5) is 5.69 Å². The monoisotopic (exact) mass is 502 g/mol. The number of methoxy groups -OCH3 is 1. The fourth-order valence-electron chi connectivity index (χ4n) is 2.54. The van der Waals surface area contributed by atoms with Crippen molar-refractivity contribution in [3.8, 4) is 5.75 Å². The van der Waals surface area contributed by atoms with Crippen LogP contribution in [0.3, 0.4) is 0 Å². The maximum Gasteiger partial charge on any atom is 0.339 e. The SMILES string of the molecule is COc1cc(Br)c(S(=O)(=O)Nc2ccc(Cl)c(C(=O)NC3CC3)c2)cc1C(=O)O. The summed E-state index contributed by atoms with van der Waals surface area (Å²) in [5, 5.41) is 12.3. The number of carboxylic acids is 1. The molecule has 1 aliphatic rings. The molecule has 0 radical (unpaired) electrons. The van der Waals surface area contributed by atoms with Crippen LogP contribution in [0, 0.1) is 0 Å². The molecule has 0 atom stereocenters. The van der Waals surface area contributed by atoms with Gasteiger partial charge in [0.25, 0.3) is 15.9 Å². The third-order valence-corrected chi connectivity index (χ3v) is 6.82. The molecule has 11 heteroatoms. The summed E-state index contributed by atoms with van der Waals surface area (Å²) in [4.78, 5) is 23.4. The van der Waals surface area contributed by atoms with Gasteiger partial charge in [-0.05, 0) is 59.1 Å². The smallest absolute Gasteiger partial charge is 0.339 e. The highest BCUT2D eigenvalue weighted by molar-refractivity contribution is 9.10. The Labute approximate surface area is 180 Å². The number of sulfonamides is 1. The molecule has 3 rings (SSSR count). The van der Waals surface area contributed by atoms with Gasteiger partial charge in [-0.2, -0.15) is 0 Å². The molecular formula is C18H16BrClN2O6S. The van der Waals surface area contributed by atoms with Crippen molar-refractivity contribution in [1.29, 1.82) is 0 Å². The van der Waals surface area contributed by atoms with Gasteiger partial charge in [-0.1, -0.05) is 11.6 Å². The number of ether oxygens (including phenoxy) is 1. The molecule has 1 aliphatic carbocycles. The fraction of sp³-hybridized carbons (Fsp3) is 0.222. The first-order valence-corrected chi connectivity index (χ1v) is 11.0. The number of hydrogen-bond donors (Lipinski definition) is 3. The van der Waals surface area contributed by atoms with Crippen molar-refractivity contribution in [2.45, 2.75) is 23.8 Å². The molecule has 0 bridgehead atoms. The summed E-state index contributed by atoms with van der Waals surface area (Å²) in [6.07, 6.45) is 1.79. The third-order valence-electron chi connectivity index (χ3n) is 4.15. The highest BCUT2D eigenvalue weighted by Gasteiger charge is 2.26. The van der Waals surface area contributed by atoms with E-state index in [1.165, 1.54) is 31.4 Å². The molecule has 1 fully saturated rings. The van der Waals surface area contributed by atoms with E-state index in [-0.39, 0.29) is 43.0 Å². The topological polar surface area (TPSA) is 122 Å². The second-order valence-corrected chi connectivity index (χ2v) is 9.25. The molecule has 1 saturated carbocycles. The lowest BCUT2D eigenvalue weighted by molar-refractivity contribution is 0.0692. The summed E-state index contributed by atoms with van der Waals surface area (Å²) < 4.78 is 33.1. The minimum atomic E-state index is -4.18. The molecule has 3 N–H and O–H groups in total. The Morgan fingerprint density at radius 2 is 1.90 bits per heavy atom. The van der Waals surface area contributed by atoms with Crippen molar-refractivity contribution >= 4 is 55.1 Å². The van der Waals surface area contributed by atoms with Crippen molar-refractivity contribution in [3.63, 3.8) is 0 Å². The van der Waals surface area contributed by atoms with Gasteiger partial charge >= 0.3 is 5.97 Å². The zero-order valence-electron chi connectivity index (χ0n) is 15.0. The Hall–Kier alpha value is -2.30. The highest BCUT2D eigenvalue weighted by atomic mass is 79.9. The molecule has 0 spiro atoms. The zero-order valence-corrected chi connectivity index (χ0v) is 18.2. The van der Waals surface area contributed by atoms with Crippen LogP contribution in [0.15, 0.2) is 39.7 Å². The van der Waals surface area contributed by atoms with Crippen LogP contribution < -0.4 is 14.8 Å². The molecule has 1 amide bonds. The van der Waals surface area contributed by atoms with Gasteiger partial charge in [0.1, 0.15) is 16.2 Å². The lowest BCUT2D eigenvalue weighted by Gasteiger charge is -2.14. The number of aromatic carboxylic acids is 1. The molecule has 0 unspecified atom stereocenters. The van der Waals surface area contributed by atoms with Crippen LogP contribution in [-0.4, -0.2) is 38.6 Å². The Morgan fingerprint density at radius 3 is 2.48 bits per heavy atom. The van der Waals surface area contributed by atoms with Gasteiger partial charge in [-0.3, -0.25) is 9.52 Å². The van der Waals surface area contributed by atoms with Crippen LogP contribution in [-0.2, 0) is 10.0 Å². The van der Waals surface area contributed by atoms with E-state index in [1.807, 2.05) is 0 Å². The Kier molecular flexibility index (Phi) is 6.06. The van der Waals surface area contributed by atoms with Crippen molar-refractivity contribution in [1.82, 2.24) is 5.32 Å². The van der Waals surface area contributed by atoms with Crippen LogP contribution in [0.2, 0.25) is 5.02 Å². The summed E-state index contributed by atoms with van der Waals surface area (Å²) in [6.45, 7) is 0. The van der Waals surface area contributed by atoms with Gasteiger partial charge in [0.15, 0.2) is 0 Å². The standard InChI is InChI=1S/C18H16BrClN2O6S/c1-28-15-8-13(19)16(7-12(15)18(24)25)29(26,27)22-10-4-5-14(20)11(6-10)17(23)21-9-2-3-9/h4-9,22H,2-3H2,1H3,(H,21,23)(H,24,25). The predicted octanol–water partition coefficient (Wildman–Crippen LogP) is 3.50. The zero-order chi connectivity index (χ0) is 21.3. The fourth-order valence-corrected chi connectivity index (χ4v) is 4.84. The van der Waals surface area contributed by atoms with Gasteiger partial charge in [0, 0.05) is 16.2 Å². The molecule has 0 aromatic heterocycles. The van der Waals surface area contributed by atoms with Crippen molar-refractivity contribution in [2.24, 2.45) is 0 Å². The number of nitrogens with one attached hydrogen (secondary N) is 2. The molecule has 2 aromatic carbocycles. The first-order valence-electron chi connectivity index (χ1n) is 8.36. The highest BCUT2D eigenvalue weighted by Crippen LogP contribution is 2.32. The Balaban J connectivity index is 1.94. The Morgan fingerprint density at radius 1 is 1.21 bits per heavy atom. The van der Waals surface area contributed by atoms with E-state index in [9.17, 15) is 23.1 Å². The van der Waals surface area contributed by atoms with Gasteiger partial charge < -0.3 is 15.2 Å². The number of carbonyl (C=O) groups is 2. The van der Waals surface area contributed by atoms with Crippen molar-refractivity contribution < 1.29 is 27.9 Å². The number of anilines is 1. The van der Waals surface area contributed by atoms with Crippen LogP contribution in [0.1, 0.15) is 33.6 Å². The molecule has 0 saturated heterocycles. The maximum atomic E-state index is 12.8. The van der Waals surface area contributed by atoms with Gasteiger partial charge in [-0.25, -0.2) is 13.2 Å². The maximum absolute atomic E-state index is 12.8. The number of carbonyl (C=O) groups excluding carboxylic acids is 1. The normalized spacial score (nSPS) is 13.6. The van der Waals surface area contributed by atoms with Crippen molar-refractivity contribution in [3.05, 3.63) is 51.0 Å². The lowest BCUT2D eigenvalue weighted by atomic mass is 10.2. The number of benzene rings is 2. The number of halogens is 2. The van der Waals surface area contributed by atoms with Crippen LogP contribution >= 0.6 is 27.5 Å². The molecule has 8 nitrogen and oxygen atoms in total. The average Bonchev–Trinajstić information content (AvgIpc) is 3.46. The third kappa shape index (κ3) is 4.82. The van der Waals surface area contributed by atoms with E-state index in [0.717, 1.165) is 18.9 Å². The van der Waals surface area contributed by atoms with Crippen LogP contribution in [0.5, 0.6) is 5.75 Å². The van der Waals surface area contributed by atoms with E-state index >= 15 is 0 Å². The van der Waals surface area contributed by atoms with Crippen LogP contribution in [0.25, 0.3) is 0 Å². The number of hydrogen-bond acceptors (Lipinski definition) is 5. The second kappa shape index (κ2) is 8.21. The first-order chi connectivity index (χ1) is 13.6. The Bertz CT molecular complexity index is 1100. The molecule has 0 aliphatic heterocycles. The summed E-state index contributed by atoms with van der Waals surface area (Å²) in [5.74, 6) is -1.72. The second-order valence-electron chi connectivity index (χ2n) is 6.34. The molecule has 2 aromatic rings. The molecular weight excluding hydrogens is 488 g/mol. The molecule has 0 heterocycles. The quantitative estimate of drug-likeness (QED) is 0.532. The van der Waals surface area contributed by atoms with E-state index in [2.05, 4.69) is 26.0 Å². The van der Waals surface area contributed by atoms with E-state index < -0.39 is 21.9 Å². The van der Waals surface area contributed by atoms with Crippen molar-refractivity contribution in [2.75, 3.05) is 11.8 Å². The largest absolute Gasteiger partial charge is 0.496 e. The summed E-state index contributed by atoms with van der Waals surface area (Å²) in [5.41, 5.74) is -0.0644. The minimum Gasteiger partial charge on any atom is -0.496 e. The number of amides is 1. The van der Waals surface area contributed by atoms with E-state index in [4.69, 9.17) is 16.3 Å². The first kappa shape index (κ1) is 21.4. The van der Waals surface area contributed by atoms with Gasteiger partial charge in [-0.15, -0.1) is 0 Å². The number of rotatable bonds is 7. The van der Waals surface area contributed by atoms with E-state index in [1.54, 1.807) is 0 Å². The van der Waals surface area contributed by atoms with Gasteiger partial charge in [0.2, 0.25) is 0 Å². The summed E-state index contributed by atoms with van der Waals surface area (Å²) in [7, 11) is -2.90. The van der Waals surface area contributed by atoms with E-state index in [0.29, 0.717) is 0 Å². The molecule has 29 heavy (non-hydrogen) atoms. The summed E-state index contributed by atoms with van der Waals surface area (Å²) in [6, 6.07) is 6.51. The predicted molar refractivity (Wildman–Crippen MR) is 110 cm³/mol. The average molecular weight is 504 g/mol. The molecule has 154 valence electrons. The van der Waals surface area contributed by atoms with Gasteiger partial charge in [0.05, 0.1) is 17.7 Å².